The number of carbonyl (C=O) groups is 1. The van der Waals surface area contributed by atoms with E-state index in [0.717, 1.165) is 35.7 Å². The Labute approximate surface area is 206 Å². The SMILES string of the molecule is O=C(COc1ccc2ccccc2c1)N1N=C2/C(=C\c3cccs3)CCC[C@@H]2[C@@H]1c1cccs1. The third kappa shape index (κ3) is 4.08. The van der Waals surface area contributed by atoms with E-state index in [-0.39, 0.29) is 24.5 Å². The van der Waals surface area contributed by atoms with E-state index in [1.807, 2.05) is 30.3 Å². The van der Waals surface area contributed by atoms with Gasteiger partial charge < -0.3 is 4.74 Å². The predicted molar refractivity (Wildman–Crippen MR) is 140 cm³/mol. The molecule has 0 radical (unpaired) electrons. The average molecular weight is 485 g/mol. The zero-order valence-electron chi connectivity index (χ0n) is 18.6. The fourth-order valence-corrected chi connectivity index (χ4v) is 6.52. The standard InChI is InChI=1S/C28H24N2O2S2/c31-26(18-32-22-13-12-19-6-1-2-7-20(19)16-22)30-28(25-11-5-15-34-25)24-10-3-8-21(27(24)29-30)17-23-9-4-14-33-23/h1-2,4-7,9,11-17,24,28H,3,8,10,18H2/b21-17-/t24-,28+/m0/s1. The summed E-state index contributed by atoms with van der Waals surface area (Å²) in [6.45, 7) is -0.0340. The molecule has 2 aromatic carbocycles. The minimum absolute atomic E-state index is 0.0340. The van der Waals surface area contributed by atoms with E-state index in [9.17, 15) is 4.79 Å². The molecule has 0 N–H and O–H groups in total. The number of hydrogen-bond acceptors (Lipinski definition) is 5. The van der Waals surface area contributed by atoms with Crippen molar-refractivity contribution in [1.82, 2.24) is 5.01 Å². The van der Waals surface area contributed by atoms with Crippen molar-refractivity contribution in [3.8, 4) is 5.75 Å². The number of carbonyl (C=O) groups excluding carboxylic acids is 1. The molecule has 1 saturated carbocycles. The maximum absolute atomic E-state index is 13.4. The lowest BCUT2D eigenvalue weighted by molar-refractivity contribution is -0.135. The maximum Gasteiger partial charge on any atom is 0.281 e. The van der Waals surface area contributed by atoms with Gasteiger partial charge in [-0.25, -0.2) is 5.01 Å². The zero-order valence-corrected chi connectivity index (χ0v) is 20.2. The number of nitrogens with zero attached hydrogens (tertiary/aromatic N) is 2. The highest BCUT2D eigenvalue weighted by Crippen LogP contribution is 2.45. The van der Waals surface area contributed by atoms with Crippen molar-refractivity contribution in [3.63, 3.8) is 0 Å². The van der Waals surface area contributed by atoms with Crippen LogP contribution in [-0.4, -0.2) is 23.2 Å². The first kappa shape index (κ1) is 21.3. The highest BCUT2D eigenvalue weighted by atomic mass is 32.1. The van der Waals surface area contributed by atoms with Gasteiger partial charge in [0, 0.05) is 15.7 Å². The van der Waals surface area contributed by atoms with Crippen molar-refractivity contribution in [3.05, 3.63) is 92.8 Å². The number of ether oxygens (including phenoxy) is 1. The number of amides is 1. The quantitative estimate of drug-likeness (QED) is 0.301. The molecule has 34 heavy (non-hydrogen) atoms. The van der Waals surface area contributed by atoms with E-state index in [0.29, 0.717) is 5.75 Å². The second-order valence-corrected chi connectivity index (χ2v) is 10.6. The molecule has 0 spiro atoms. The van der Waals surface area contributed by atoms with Crippen LogP contribution in [0.4, 0.5) is 0 Å². The van der Waals surface area contributed by atoms with Gasteiger partial charge in [-0.05, 0) is 76.7 Å². The molecular weight excluding hydrogens is 460 g/mol. The van der Waals surface area contributed by atoms with Crippen LogP contribution >= 0.6 is 22.7 Å². The Morgan fingerprint density at radius 1 is 1.03 bits per heavy atom. The lowest BCUT2D eigenvalue weighted by Crippen LogP contribution is -2.34. The first-order chi connectivity index (χ1) is 16.8. The summed E-state index contributed by atoms with van der Waals surface area (Å²) in [6, 6.07) is 22.4. The van der Waals surface area contributed by atoms with Crippen LogP contribution in [0.1, 0.15) is 35.1 Å². The largest absolute Gasteiger partial charge is 0.484 e. The average Bonchev–Trinajstić information content (AvgIpc) is 3.63. The monoisotopic (exact) mass is 484 g/mol. The van der Waals surface area contributed by atoms with Crippen LogP contribution in [0, 0.1) is 5.92 Å². The summed E-state index contributed by atoms with van der Waals surface area (Å²) in [7, 11) is 0. The molecule has 4 nitrogen and oxygen atoms in total. The number of hydrazone groups is 1. The number of thiophene rings is 2. The van der Waals surface area contributed by atoms with Gasteiger partial charge in [0.2, 0.25) is 0 Å². The molecular formula is C28H24N2O2S2. The van der Waals surface area contributed by atoms with Crippen LogP contribution in [0.5, 0.6) is 5.75 Å². The van der Waals surface area contributed by atoms with E-state index >= 15 is 0 Å². The van der Waals surface area contributed by atoms with E-state index in [4.69, 9.17) is 9.84 Å². The first-order valence-electron chi connectivity index (χ1n) is 11.6. The van der Waals surface area contributed by atoms with Gasteiger partial charge in [0.05, 0.1) is 11.8 Å². The minimum atomic E-state index is -0.107. The van der Waals surface area contributed by atoms with Gasteiger partial charge >= 0.3 is 0 Å². The summed E-state index contributed by atoms with van der Waals surface area (Å²) in [5.74, 6) is 0.814. The van der Waals surface area contributed by atoms with Gasteiger partial charge in [-0.1, -0.05) is 42.5 Å². The number of benzene rings is 2. The smallest absolute Gasteiger partial charge is 0.281 e. The van der Waals surface area contributed by atoms with Crippen LogP contribution in [0.25, 0.3) is 16.8 Å². The van der Waals surface area contributed by atoms with E-state index in [2.05, 4.69) is 53.2 Å². The molecule has 0 saturated heterocycles. The zero-order chi connectivity index (χ0) is 22.9. The predicted octanol–water partition coefficient (Wildman–Crippen LogP) is 7.16. The molecule has 0 unspecified atom stereocenters. The van der Waals surface area contributed by atoms with Crippen LogP contribution in [-0.2, 0) is 4.79 Å². The molecule has 6 rings (SSSR count). The molecule has 170 valence electrons. The van der Waals surface area contributed by atoms with Gasteiger partial charge in [-0.2, -0.15) is 5.10 Å². The van der Waals surface area contributed by atoms with E-state index < -0.39 is 0 Å². The van der Waals surface area contributed by atoms with Crippen LogP contribution < -0.4 is 4.74 Å². The number of allylic oxidation sites excluding steroid dienone is 1. The summed E-state index contributed by atoms with van der Waals surface area (Å²) in [5.41, 5.74) is 2.32. The Balaban J connectivity index is 1.28. The Kier molecular flexibility index (Phi) is 5.77. The molecule has 0 bridgehead atoms. The molecule has 1 aliphatic heterocycles. The molecule has 1 aliphatic carbocycles. The summed E-state index contributed by atoms with van der Waals surface area (Å²) < 4.78 is 5.95. The van der Waals surface area contributed by atoms with E-state index in [1.165, 1.54) is 15.3 Å². The fourth-order valence-electron chi connectivity index (χ4n) is 4.96. The van der Waals surface area contributed by atoms with Crippen LogP contribution in [0.15, 0.2) is 88.2 Å². The Morgan fingerprint density at radius 2 is 1.88 bits per heavy atom. The Hall–Kier alpha value is -3.22. The van der Waals surface area contributed by atoms with Crippen molar-refractivity contribution in [1.29, 1.82) is 0 Å². The molecule has 2 atom stereocenters. The third-order valence-corrected chi connectivity index (χ3v) is 8.30. The Morgan fingerprint density at radius 3 is 2.71 bits per heavy atom. The van der Waals surface area contributed by atoms with Crippen molar-refractivity contribution < 1.29 is 9.53 Å². The second kappa shape index (κ2) is 9.20. The normalized spacial score (nSPS) is 21.0. The van der Waals surface area contributed by atoms with Crippen molar-refractivity contribution >= 4 is 51.1 Å². The summed E-state index contributed by atoms with van der Waals surface area (Å²) in [4.78, 5) is 15.8. The van der Waals surface area contributed by atoms with Crippen LogP contribution in [0.2, 0.25) is 0 Å². The van der Waals surface area contributed by atoms with Crippen molar-refractivity contribution in [2.75, 3.05) is 6.61 Å². The van der Waals surface area contributed by atoms with Crippen molar-refractivity contribution in [2.45, 2.75) is 25.3 Å². The van der Waals surface area contributed by atoms with Gasteiger partial charge in [0.25, 0.3) is 5.91 Å². The molecule has 1 amide bonds. The third-order valence-electron chi connectivity index (χ3n) is 6.53. The summed E-state index contributed by atoms with van der Waals surface area (Å²) in [5, 5.41) is 13.0. The van der Waals surface area contributed by atoms with Crippen LogP contribution in [0.3, 0.4) is 0 Å². The Bertz CT molecular complexity index is 1370. The number of fused-ring (bicyclic) bond motifs is 2. The molecule has 3 heterocycles. The molecule has 2 aliphatic rings. The second-order valence-electron chi connectivity index (χ2n) is 8.67. The summed E-state index contributed by atoms with van der Waals surface area (Å²) >= 11 is 3.43. The lowest BCUT2D eigenvalue weighted by atomic mass is 9.79. The van der Waals surface area contributed by atoms with Gasteiger partial charge in [-0.3, -0.25) is 4.79 Å². The highest BCUT2D eigenvalue weighted by molar-refractivity contribution is 7.11. The summed E-state index contributed by atoms with van der Waals surface area (Å²) in [6.07, 6.45) is 5.40. The lowest BCUT2D eigenvalue weighted by Gasteiger charge is -2.28. The van der Waals surface area contributed by atoms with Gasteiger partial charge in [0.15, 0.2) is 6.61 Å². The van der Waals surface area contributed by atoms with E-state index in [1.54, 1.807) is 27.7 Å². The first-order valence-corrected chi connectivity index (χ1v) is 13.3. The highest BCUT2D eigenvalue weighted by Gasteiger charge is 2.44. The fraction of sp³-hybridized carbons (Fsp3) is 0.214. The van der Waals surface area contributed by atoms with Gasteiger partial charge in [-0.15, -0.1) is 22.7 Å². The minimum Gasteiger partial charge on any atom is -0.484 e. The number of hydrogen-bond donors (Lipinski definition) is 0. The van der Waals surface area contributed by atoms with Gasteiger partial charge in [0.1, 0.15) is 5.75 Å². The maximum atomic E-state index is 13.4. The number of rotatable bonds is 5. The molecule has 4 aromatic rings. The molecule has 1 fully saturated rings. The molecule has 6 heteroatoms. The molecule has 2 aromatic heterocycles. The topological polar surface area (TPSA) is 41.9 Å². The van der Waals surface area contributed by atoms with Crippen molar-refractivity contribution in [2.24, 2.45) is 11.0 Å².